The fourth-order valence-electron chi connectivity index (χ4n) is 3.42. The molecule has 0 saturated carbocycles. The topological polar surface area (TPSA) is 43.4 Å². The van der Waals surface area contributed by atoms with Gasteiger partial charge in [0, 0.05) is 17.0 Å². The van der Waals surface area contributed by atoms with Crippen LogP contribution in [-0.2, 0) is 9.53 Å². The molecule has 3 heteroatoms. The molecule has 1 aliphatic heterocycles. The average molecular weight is 354 g/mol. The molecule has 0 N–H and O–H groups in total. The number of cyclic esters (lactones) is 1. The SMILES string of the molecule is O=C1CC(c2ccccc2)C(C(=O)c2ccccc2)=C(c2ccccc2)O1. The lowest BCUT2D eigenvalue weighted by molar-refractivity contribution is -0.137. The van der Waals surface area contributed by atoms with E-state index in [9.17, 15) is 9.59 Å². The van der Waals surface area contributed by atoms with Gasteiger partial charge >= 0.3 is 5.97 Å². The molecular formula is C24H18O3. The van der Waals surface area contributed by atoms with Crippen LogP contribution in [0.2, 0.25) is 0 Å². The molecule has 4 rings (SSSR count). The quantitative estimate of drug-likeness (QED) is 0.488. The Morgan fingerprint density at radius 2 is 1.33 bits per heavy atom. The van der Waals surface area contributed by atoms with Crippen molar-refractivity contribution in [2.45, 2.75) is 12.3 Å². The van der Waals surface area contributed by atoms with Crippen molar-refractivity contribution < 1.29 is 14.3 Å². The zero-order valence-corrected chi connectivity index (χ0v) is 14.7. The van der Waals surface area contributed by atoms with Gasteiger partial charge in [-0.1, -0.05) is 91.0 Å². The molecule has 1 atom stereocenters. The van der Waals surface area contributed by atoms with E-state index in [1.807, 2.05) is 78.9 Å². The van der Waals surface area contributed by atoms with E-state index in [0.717, 1.165) is 11.1 Å². The van der Waals surface area contributed by atoms with Crippen LogP contribution in [0.1, 0.15) is 33.8 Å². The molecule has 132 valence electrons. The van der Waals surface area contributed by atoms with E-state index in [-0.39, 0.29) is 24.1 Å². The number of benzene rings is 3. The Morgan fingerprint density at radius 1 is 0.778 bits per heavy atom. The zero-order valence-electron chi connectivity index (χ0n) is 14.7. The third kappa shape index (κ3) is 3.44. The van der Waals surface area contributed by atoms with Crippen molar-refractivity contribution >= 4 is 17.5 Å². The number of rotatable bonds is 4. The third-order valence-corrected chi connectivity index (χ3v) is 4.70. The maximum absolute atomic E-state index is 13.4. The molecule has 0 radical (unpaired) electrons. The van der Waals surface area contributed by atoms with Crippen LogP contribution in [0.5, 0.6) is 0 Å². The van der Waals surface area contributed by atoms with Gasteiger partial charge in [0.25, 0.3) is 0 Å². The van der Waals surface area contributed by atoms with Gasteiger partial charge < -0.3 is 4.74 Å². The fourth-order valence-corrected chi connectivity index (χ4v) is 3.42. The maximum Gasteiger partial charge on any atom is 0.312 e. The smallest absolute Gasteiger partial charge is 0.312 e. The lowest BCUT2D eigenvalue weighted by Crippen LogP contribution is -2.24. The summed E-state index contributed by atoms with van der Waals surface area (Å²) in [4.78, 5) is 25.8. The summed E-state index contributed by atoms with van der Waals surface area (Å²) in [6, 6.07) is 28.1. The summed E-state index contributed by atoms with van der Waals surface area (Å²) in [6.07, 6.45) is 0.147. The standard InChI is InChI=1S/C24H18O3/c25-21-16-20(17-10-4-1-5-11-17)22(23(26)18-12-6-2-7-13-18)24(27-21)19-14-8-3-9-15-19/h1-15,20H,16H2. The summed E-state index contributed by atoms with van der Waals surface area (Å²) in [6.45, 7) is 0. The molecule has 0 saturated heterocycles. The number of ketones is 1. The minimum atomic E-state index is -0.338. The van der Waals surface area contributed by atoms with E-state index in [2.05, 4.69) is 0 Å². The number of carbonyl (C=O) groups is 2. The molecule has 3 aromatic carbocycles. The molecule has 0 spiro atoms. The molecule has 27 heavy (non-hydrogen) atoms. The molecular weight excluding hydrogens is 336 g/mol. The predicted molar refractivity (Wildman–Crippen MR) is 104 cm³/mol. The highest BCUT2D eigenvalue weighted by molar-refractivity contribution is 6.15. The fraction of sp³-hybridized carbons (Fsp3) is 0.0833. The van der Waals surface area contributed by atoms with Crippen LogP contribution in [0.15, 0.2) is 96.6 Å². The van der Waals surface area contributed by atoms with Gasteiger partial charge in [-0.05, 0) is 5.56 Å². The molecule has 1 aliphatic rings. The second-order valence-electron chi connectivity index (χ2n) is 6.45. The number of ether oxygens (including phenoxy) is 1. The summed E-state index contributed by atoms with van der Waals surface area (Å²) in [7, 11) is 0. The van der Waals surface area contributed by atoms with Crippen molar-refractivity contribution in [3.8, 4) is 0 Å². The van der Waals surface area contributed by atoms with Gasteiger partial charge in [-0.25, -0.2) is 0 Å². The van der Waals surface area contributed by atoms with Crippen LogP contribution in [0.25, 0.3) is 5.76 Å². The summed E-state index contributed by atoms with van der Waals surface area (Å²) >= 11 is 0. The Morgan fingerprint density at radius 3 is 1.96 bits per heavy atom. The Kier molecular flexibility index (Phi) is 4.67. The molecule has 0 aliphatic carbocycles. The van der Waals surface area contributed by atoms with Gasteiger partial charge in [-0.3, -0.25) is 9.59 Å². The number of allylic oxidation sites excluding steroid dienone is 1. The van der Waals surface area contributed by atoms with Gasteiger partial charge in [-0.15, -0.1) is 0 Å². The van der Waals surface area contributed by atoms with Gasteiger partial charge in [0.15, 0.2) is 5.78 Å². The van der Waals surface area contributed by atoms with Gasteiger partial charge in [0.05, 0.1) is 12.0 Å². The molecule has 0 aromatic heterocycles. The highest BCUT2D eigenvalue weighted by Crippen LogP contribution is 2.40. The summed E-state index contributed by atoms with van der Waals surface area (Å²) in [5.41, 5.74) is 2.77. The number of esters is 1. The minimum Gasteiger partial charge on any atom is -0.425 e. The summed E-state index contributed by atoms with van der Waals surface area (Å²) in [5, 5.41) is 0. The number of carbonyl (C=O) groups excluding carboxylic acids is 2. The molecule has 3 aromatic rings. The van der Waals surface area contributed by atoms with Crippen LogP contribution in [-0.4, -0.2) is 11.8 Å². The average Bonchev–Trinajstić information content (AvgIpc) is 2.74. The lowest BCUT2D eigenvalue weighted by atomic mass is 9.81. The van der Waals surface area contributed by atoms with E-state index in [0.29, 0.717) is 16.9 Å². The highest BCUT2D eigenvalue weighted by atomic mass is 16.5. The van der Waals surface area contributed by atoms with Crippen LogP contribution < -0.4 is 0 Å². The van der Waals surface area contributed by atoms with E-state index < -0.39 is 0 Å². The first-order valence-electron chi connectivity index (χ1n) is 8.89. The van der Waals surface area contributed by atoms with Crippen LogP contribution in [0, 0.1) is 0 Å². The molecule has 1 heterocycles. The summed E-state index contributed by atoms with van der Waals surface area (Å²) in [5.74, 6) is -0.423. The normalized spacial score (nSPS) is 16.7. The molecule has 3 nitrogen and oxygen atoms in total. The first-order valence-corrected chi connectivity index (χ1v) is 8.89. The molecule has 0 fully saturated rings. The second kappa shape index (κ2) is 7.42. The monoisotopic (exact) mass is 354 g/mol. The minimum absolute atomic E-state index is 0.115. The van der Waals surface area contributed by atoms with Crippen molar-refractivity contribution in [2.24, 2.45) is 0 Å². The van der Waals surface area contributed by atoms with Crippen molar-refractivity contribution in [3.63, 3.8) is 0 Å². The van der Waals surface area contributed by atoms with Crippen molar-refractivity contribution in [3.05, 3.63) is 113 Å². The number of Topliss-reactive ketones (excluding diaryl/α,β-unsaturated/α-hetero) is 1. The van der Waals surface area contributed by atoms with E-state index >= 15 is 0 Å². The highest BCUT2D eigenvalue weighted by Gasteiger charge is 2.35. The third-order valence-electron chi connectivity index (χ3n) is 4.70. The largest absolute Gasteiger partial charge is 0.425 e. The maximum atomic E-state index is 13.4. The Bertz CT molecular complexity index is 990. The first-order chi connectivity index (χ1) is 13.2. The second-order valence-corrected chi connectivity index (χ2v) is 6.45. The van der Waals surface area contributed by atoms with Gasteiger partial charge in [0.2, 0.25) is 0 Å². The van der Waals surface area contributed by atoms with Crippen LogP contribution >= 0.6 is 0 Å². The predicted octanol–water partition coefficient (Wildman–Crippen LogP) is 5.01. The van der Waals surface area contributed by atoms with Crippen molar-refractivity contribution in [2.75, 3.05) is 0 Å². The molecule has 0 bridgehead atoms. The first kappa shape index (κ1) is 17.0. The van der Waals surface area contributed by atoms with Crippen molar-refractivity contribution in [1.29, 1.82) is 0 Å². The van der Waals surface area contributed by atoms with Crippen molar-refractivity contribution in [1.82, 2.24) is 0 Å². The molecule has 0 amide bonds. The number of hydrogen-bond donors (Lipinski definition) is 0. The number of hydrogen-bond acceptors (Lipinski definition) is 3. The Hall–Kier alpha value is -3.46. The molecule has 1 unspecified atom stereocenters. The van der Waals surface area contributed by atoms with Gasteiger partial charge in [0.1, 0.15) is 5.76 Å². The Labute approximate surface area is 157 Å². The Balaban J connectivity index is 1.93. The van der Waals surface area contributed by atoms with E-state index in [1.54, 1.807) is 12.1 Å². The van der Waals surface area contributed by atoms with Crippen LogP contribution in [0.4, 0.5) is 0 Å². The van der Waals surface area contributed by atoms with Gasteiger partial charge in [-0.2, -0.15) is 0 Å². The zero-order chi connectivity index (χ0) is 18.6. The van der Waals surface area contributed by atoms with Crippen LogP contribution in [0.3, 0.4) is 0 Å². The van der Waals surface area contributed by atoms with E-state index in [1.165, 1.54) is 0 Å². The lowest BCUT2D eigenvalue weighted by Gasteiger charge is -2.27. The summed E-state index contributed by atoms with van der Waals surface area (Å²) < 4.78 is 5.60. The van der Waals surface area contributed by atoms with E-state index in [4.69, 9.17) is 4.74 Å².